The minimum atomic E-state index is -9.79. The Bertz CT molecular complexity index is 2310. The molecule has 46 heavy (non-hydrogen) atoms. The molecule has 0 saturated carbocycles. The van der Waals surface area contributed by atoms with Crippen molar-refractivity contribution in [2.45, 2.75) is 18.2 Å². The summed E-state index contributed by atoms with van der Waals surface area (Å²) in [5.41, 5.74) is 6.29. The molecule has 0 nitrogen and oxygen atoms in total. The number of halogens is 5. The number of fused-ring (bicyclic) bond motifs is 3. The molecule has 7 rings (SSSR count). The highest BCUT2D eigenvalue weighted by Gasteiger charge is 2.65. The molecule has 0 aromatic heterocycles. The summed E-state index contributed by atoms with van der Waals surface area (Å²) >= 11 is 0. The van der Waals surface area contributed by atoms with Gasteiger partial charge in [0, 0.05) is 0 Å². The molecule has 0 amide bonds. The predicted molar refractivity (Wildman–Crippen MR) is 186 cm³/mol. The normalized spacial score (nSPS) is 16.3. The van der Waals surface area contributed by atoms with E-state index in [9.17, 15) is 19.4 Å². The third kappa shape index (κ3) is 5.54. The van der Waals surface area contributed by atoms with E-state index in [-0.39, 0.29) is 0 Å². The van der Waals surface area contributed by atoms with Crippen LogP contribution in [0, 0.1) is 0 Å². The molecule has 0 heterocycles. The molecule has 0 unspecified atom stereocenters. The lowest BCUT2D eigenvalue weighted by molar-refractivity contribution is 0.364. The second kappa shape index (κ2) is 10.3. The molecular weight excluding hydrogens is 607 g/mol. The van der Waals surface area contributed by atoms with Gasteiger partial charge in [-0.1, -0.05) is 141 Å². The SMILES string of the molecule is C/C=C(\C=C1\C=CC=CC1)c1c2ccccc2c(-c2ccc3ccccc3c2)c2ccc(-c3ccc(S(F)(F)(F)(F)F)cc3)cc12. The highest BCUT2D eigenvalue weighted by molar-refractivity contribution is 8.45. The first-order chi connectivity index (χ1) is 21.9. The van der Waals surface area contributed by atoms with E-state index in [1.807, 2.05) is 61.5 Å². The van der Waals surface area contributed by atoms with Crippen molar-refractivity contribution in [3.05, 3.63) is 157 Å². The molecule has 6 heteroatoms. The Labute approximate surface area is 264 Å². The van der Waals surface area contributed by atoms with E-state index >= 15 is 0 Å². The van der Waals surface area contributed by atoms with Crippen LogP contribution in [-0.2, 0) is 0 Å². The van der Waals surface area contributed by atoms with Gasteiger partial charge in [0.2, 0.25) is 0 Å². The topological polar surface area (TPSA) is 0 Å². The van der Waals surface area contributed by atoms with Gasteiger partial charge in [0.05, 0.1) is 0 Å². The quantitative estimate of drug-likeness (QED) is 0.130. The number of benzene rings is 6. The van der Waals surface area contributed by atoms with Gasteiger partial charge >= 0.3 is 10.2 Å². The molecular formula is C40H29F5S. The fourth-order valence-electron chi connectivity index (χ4n) is 6.37. The van der Waals surface area contributed by atoms with Gasteiger partial charge in [-0.05, 0) is 109 Å². The minimum absolute atomic E-state index is 0.416. The van der Waals surface area contributed by atoms with Crippen LogP contribution < -0.4 is 0 Å². The van der Waals surface area contributed by atoms with E-state index in [0.717, 1.165) is 78.7 Å². The second-order valence-electron chi connectivity index (χ2n) is 11.6. The second-order valence-corrected chi connectivity index (χ2v) is 14.0. The molecule has 0 bridgehead atoms. The van der Waals surface area contributed by atoms with E-state index in [4.69, 9.17) is 0 Å². The van der Waals surface area contributed by atoms with Crippen molar-refractivity contribution in [2.75, 3.05) is 0 Å². The summed E-state index contributed by atoms with van der Waals surface area (Å²) in [6.07, 6.45) is 13.3. The smallest absolute Gasteiger partial charge is 0.0936 e. The van der Waals surface area contributed by atoms with Crippen LogP contribution in [-0.4, -0.2) is 0 Å². The summed E-state index contributed by atoms with van der Waals surface area (Å²) in [6, 6.07) is 31.9. The molecule has 6 aromatic carbocycles. The average Bonchev–Trinajstić information content (AvgIpc) is 3.05. The van der Waals surface area contributed by atoms with Crippen molar-refractivity contribution in [1.29, 1.82) is 0 Å². The van der Waals surface area contributed by atoms with Crippen molar-refractivity contribution >= 4 is 48.1 Å². The summed E-state index contributed by atoms with van der Waals surface area (Å²) in [4.78, 5) is -1.90. The van der Waals surface area contributed by atoms with E-state index in [1.165, 1.54) is 0 Å². The molecule has 0 aliphatic heterocycles. The van der Waals surface area contributed by atoms with Gasteiger partial charge in [0.25, 0.3) is 0 Å². The Hall–Kier alpha value is -4.94. The van der Waals surface area contributed by atoms with Gasteiger partial charge in [-0.25, -0.2) is 0 Å². The third-order valence-electron chi connectivity index (χ3n) is 8.55. The standard InChI is InChI=1S/C40H29F5S/c1-2-28(24-27-10-4-3-5-11-27)39-35-14-8-9-15-36(35)40(33-17-16-29-12-6-7-13-31(29)25-33)37-23-20-32(26-38(37)39)30-18-21-34(22-19-30)46(41,42,43,44)45/h2-10,12-26H,11H2,1H3/b27-24-,28-2+. The molecule has 230 valence electrons. The molecule has 1 aliphatic carbocycles. The van der Waals surface area contributed by atoms with E-state index < -0.39 is 15.1 Å². The first-order valence-electron chi connectivity index (χ1n) is 14.9. The van der Waals surface area contributed by atoms with Crippen LogP contribution in [0.5, 0.6) is 0 Å². The summed E-state index contributed by atoms with van der Waals surface area (Å²) in [7, 11) is -9.79. The van der Waals surface area contributed by atoms with Gasteiger partial charge < -0.3 is 0 Å². The Morgan fingerprint density at radius 2 is 1.26 bits per heavy atom. The molecule has 0 saturated heterocycles. The van der Waals surface area contributed by atoms with Gasteiger partial charge in [-0.2, -0.15) is 0 Å². The average molecular weight is 637 g/mol. The largest absolute Gasteiger partial charge is 0.310 e. The van der Waals surface area contributed by atoms with Crippen LogP contribution in [0.3, 0.4) is 0 Å². The predicted octanol–water partition coefficient (Wildman–Crippen LogP) is 14.0. The summed E-state index contributed by atoms with van der Waals surface area (Å²) in [5.74, 6) is 0. The van der Waals surface area contributed by atoms with Crippen LogP contribution >= 0.6 is 10.2 Å². The summed E-state index contributed by atoms with van der Waals surface area (Å²) in [5, 5.41) is 6.24. The van der Waals surface area contributed by atoms with Crippen LogP contribution in [0.2, 0.25) is 0 Å². The molecule has 0 spiro atoms. The molecule has 1 aliphatic rings. The zero-order valence-electron chi connectivity index (χ0n) is 24.9. The maximum atomic E-state index is 13.5. The highest BCUT2D eigenvalue weighted by Crippen LogP contribution is 3.02. The van der Waals surface area contributed by atoms with Crippen molar-refractivity contribution in [2.24, 2.45) is 0 Å². The van der Waals surface area contributed by atoms with Crippen molar-refractivity contribution in [3.63, 3.8) is 0 Å². The van der Waals surface area contributed by atoms with E-state index in [2.05, 4.69) is 66.8 Å². The van der Waals surface area contributed by atoms with E-state index in [1.54, 1.807) is 0 Å². The number of hydrogen-bond acceptors (Lipinski definition) is 0. The summed E-state index contributed by atoms with van der Waals surface area (Å²) in [6.45, 7) is 2.00. The fourth-order valence-corrected chi connectivity index (χ4v) is 7.02. The van der Waals surface area contributed by atoms with Gasteiger partial charge in [-0.3, -0.25) is 0 Å². The summed E-state index contributed by atoms with van der Waals surface area (Å²) < 4.78 is 67.5. The van der Waals surface area contributed by atoms with Gasteiger partial charge in [0.15, 0.2) is 0 Å². The fraction of sp³-hybridized carbons (Fsp3) is 0.0500. The van der Waals surface area contributed by atoms with Crippen molar-refractivity contribution < 1.29 is 19.4 Å². The van der Waals surface area contributed by atoms with Crippen LogP contribution in [0.25, 0.3) is 60.1 Å². The first kappa shape index (κ1) is 29.8. The Morgan fingerprint density at radius 3 is 1.96 bits per heavy atom. The van der Waals surface area contributed by atoms with Crippen molar-refractivity contribution in [1.82, 2.24) is 0 Å². The van der Waals surface area contributed by atoms with Gasteiger partial charge in [-0.15, -0.1) is 0 Å². The lowest BCUT2D eigenvalue weighted by atomic mass is 9.83. The zero-order valence-corrected chi connectivity index (χ0v) is 25.7. The molecule has 0 radical (unpaired) electrons. The first-order valence-corrected chi connectivity index (χ1v) is 16.9. The molecule has 6 aromatic rings. The zero-order chi connectivity index (χ0) is 32.2. The number of allylic oxidation sites excluding steroid dienone is 8. The Morgan fingerprint density at radius 1 is 0.609 bits per heavy atom. The van der Waals surface area contributed by atoms with Crippen molar-refractivity contribution in [3.8, 4) is 22.3 Å². The Balaban J connectivity index is 1.53. The number of hydrogen-bond donors (Lipinski definition) is 0. The maximum absolute atomic E-state index is 13.5. The molecule has 0 atom stereocenters. The highest BCUT2D eigenvalue weighted by atomic mass is 32.5. The Kier molecular flexibility index (Phi) is 6.66. The maximum Gasteiger partial charge on any atom is 0.310 e. The number of rotatable bonds is 5. The monoisotopic (exact) mass is 636 g/mol. The van der Waals surface area contributed by atoms with Gasteiger partial charge in [0.1, 0.15) is 4.90 Å². The molecule has 0 fully saturated rings. The lowest BCUT2D eigenvalue weighted by Gasteiger charge is -2.40. The van der Waals surface area contributed by atoms with Crippen LogP contribution in [0.1, 0.15) is 18.9 Å². The van der Waals surface area contributed by atoms with Crippen LogP contribution in [0.15, 0.2) is 156 Å². The lowest BCUT2D eigenvalue weighted by Crippen LogP contribution is -2.05. The molecule has 0 N–H and O–H groups in total. The minimum Gasteiger partial charge on any atom is -0.0936 e. The third-order valence-corrected chi connectivity index (χ3v) is 9.71. The van der Waals surface area contributed by atoms with Crippen LogP contribution in [0.4, 0.5) is 19.4 Å². The van der Waals surface area contributed by atoms with E-state index in [0.29, 0.717) is 23.3 Å².